The van der Waals surface area contributed by atoms with Crippen molar-refractivity contribution in [3.05, 3.63) is 30.5 Å². The van der Waals surface area contributed by atoms with Gasteiger partial charge in [-0.05, 0) is 19.4 Å². The van der Waals surface area contributed by atoms with E-state index in [-0.39, 0.29) is 0 Å². The van der Waals surface area contributed by atoms with Crippen LogP contribution in [0.1, 0.15) is 18.3 Å². The first-order chi connectivity index (χ1) is 8.81. The van der Waals surface area contributed by atoms with Crippen molar-refractivity contribution in [1.82, 2.24) is 19.7 Å². The van der Waals surface area contributed by atoms with Crippen molar-refractivity contribution in [3.8, 4) is 0 Å². The highest BCUT2D eigenvalue weighted by atomic mass is 16.5. The Morgan fingerprint density at radius 1 is 1.50 bits per heavy atom. The van der Waals surface area contributed by atoms with Crippen molar-refractivity contribution < 1.29 is 4.74 Å². The van der Waals surface area contributed by atoms with Crippen molar-refractivity contribution in [2.24, 2.45) is 0 Å². The molecule has 0 saturated carbocycles. The van der Waals surface area contributed by atoms with Gasteiger partial charge in [0.25, 0.3) is 0 Å². The molecule has 1 aliphatic rings. The average molecular weight is 245 g/mol. The number of ether oxygens (including phenoxy) is 1. The molecule has 2 aromatic rings. The number of hydrogen-bond donors (Lipinski definition) is 1. The van der Waals surface area contributed by atoms with Gasteiger partial charge in [-0.1, -0.05) is 0 Å². The molecule has 6 heteroatoms. The zero-order valence-corrected chi connectivity index (χ0v) is 10.2. The molecule has 0 aliphatic carbocycles. The summed E-state index contributed by atoms with van der Waals surface area (Å²) in [5, 5.41) is 7.56. The van der Waals surface area contributed by atoms with Crippen LogP contribution in [0.15, 0.2) is 24.7 Å². The van der Waals surface area contributed by atoms with E-state index in [0.29, 0.717) is 6.04 Å². The van der Waals surface area contributed by atoms with E-state index in [2.05, 4.69) is 20.4 Å². The maximum absolute atomic E-state index is 5.35. The molecule has 2 aromatic heterocycles. The predicted octanol–water partition coefficient (Wildman–Crippen LogP) is 1.69. The minimum atomic E-state index is 0.354. The average Bonchev–Trinajstić information content (AvgIpc) is 2.98. The Labute approximate surface area is 105 Å². The standard InChI is InChI=1S/C12H15N5O/c1-9-13-4-2-12(15-9)16-10-6-14-17(7-10)11-3-5-18-8-11/h2,4,6-7,11H,3,5,8H2,1H3,(H,13,15,16)/t11-/m1/s1. The fourth-order valence-corrected chi connectivity index (χ4v) is 2.01. The van der Waals surface area contributed by atoms with Crippen molar-refractivity contribution in [3.63, 3.8) is 0 Å². The molecule has 1 atom stereocenters. The molecule has 1 saturated heterocycles. The minimum Gasteiger partial charge on any atom is -0.379 e. The summed E-state index contributed by atoms with van der Waals surface area (Å²) >= 11 is 0. The maximum Gasteiger partial charge on any atom is 0.134 e. The molecule has 94 valence electrons. The first-order valence-electron chi connectivity index (χ1n) is 6.00. The number of aryl methyl sites for hydroxylation is 1. The van der Waals surface area contributed by atoms with Crippen molar-refractivity contribution >= 4 is 11.5 Å². The molecule has 1 N–H and O–H groups in total. The second-order valence-corrected chi connectivity index (χ2v) is 4.34. The van der Waals surface area contributed by atoms with E-state index in [1.807, 2.05) is 23.9 Å². The van der Waals surface area contributed by atoms with E-state index in [1.165, 1.54) is 0 Å². The Morgan fingerprint density at radius 2 is 2.44 bits per heavy atom. The van der Waals surface area contributed by atoms with Crippen LogP contribution >= 0.6 is 0 Å². The Hall–Kier alpha value is -1.95. The quantitative estimate of drug-likeness (QED) is 0.891. The van der Waals surface area contributed by atoms with Crippen LogP contribution in [0.25, 0.3) is 0 Å². The lowest BCUT2D eigenvalue weighted by atomic mass is 10.3. The lowest BCUT2D eigenvalue weighted by Crippen LogP contribution is -2.08. The molecule has 3 rings (SSSR count). The van der Waals surface area contributed by atoms with Gasteiger partial charge in [-0.25, -0.2) is 9.97 Å². The summed E-state index contributed by atoms with van der Waals surface area (Å²) < 4.78 is 7.30. The van der Waals surface area contributed by atoms with Gasteiger partial charge in [-0.2, -0.15) is 5.10 Å². The van der Waals surface area contributed by atoms with Crippen molar-refractivity contribution in [2.75, 3.05) is 18.5 Å². The van der Waals surface area contributed by atoms with Gasteiger partial charge < -0.3 is 10.1 Å². The smallest absolute Gasteiger partial charge is 0.134 e. The summed E-state index contributed by atoms with van der Waals surface area (Å²) in [6.45, 7) is 3.43. The van der Waals surface area contributed by atoms with Crippen molar-refractivity contribution in [2.45, 2.75) is 19.4 Å². The number of nitrogens with one attached hydrogen (secondary N) is 1. The second kappa shape index (κ2) is 4.73. The number of anilines is 2. The number of hydrogen-bond acceptors (Lipinski definition) is 5. The molecule has 0 spiro atoms. The maximum atomic E-state index is 5.35. The van der Waals surface area contributed by atoms with E-state index in [1.54, 1.807) is 12.4 Å². The molecular formula is C12H15N5O. The van der Waals surface area contributed by atoms with E-state index in [0.717, 1.165) is 37.0 Å². The molecule has 18 heavy (non-hydrogen) atoms. The van der Waals surface area contributed by atoms with Gasteiger partial charge in [0.15, 0.2) is 0 Å². The number of rotatable bonds is 3. The van der Waals surface area contributed by atoms with Crippen LogP contribution in [0, 0.1) is 6.92 Å². The lowest BCUT2D eigenvalue weighted by molar-refractivity contribution is 0.184. The van der Waals surface area contributed by atoms with E-state index in [9.17, 15) is 0 Å². The van der Waals surface area contributed by atoms with Gasteiger partial charge in [-0.15, -0.1) is 0 Å². The van der Waals surface area contributed by atoms with Crippen molar-refractivity contribution in [1.29, 1.82) is 0 Å². The molecule has 0 aromatic carbocycles. The van der Waals surface area contributed by atoms with Crippen LogP contribution in [0.3, 0.4) is 0 Å². The summed E-state index contributed by atoms with van der Waals surface area (Å²) in [5.74, 6) is 1.53. The SMILES string of the molecule is Cc1nccc(Nc2cnn([C@@H]3CCOC3)c2)n1. The summed E-state index contributed by atoms with van der Waals surface area (Å²) in [5.41, 5.74) is 0.931. The van der Waals surface area contributed by atoms with Crippen LogP contribution < -0.4 is 5.32 Å². The first-order valence-corrected chi connectivity index (χ1v) is 6.00. The normalized spacial score (nSPS) is 19.1. The van der Waals surface area contributed by atoms with Gasteiger partial charge in [0.1, 0.15) is 11.6 Å². The highest BCUT2D eigenvalue weighted by Gasteiger charge is 2.18. The Bertz CT molecular complexity index is 533. The molecule has 1 aliphatic heterocycles. The van der Waals surface area contributed by atoms with Gasteiger partial charge in [-0.3, -0.25) is 4.68 Å². The van der Waals surface area contributed by atoms with Gasteiger partial charge in [0.05, 0.1) is 24.5 Å². The minimum absolute atomic E-state index is 0.354. The van der Waals surface area contributed by atoms with Crippen LogP contribution in [0.5, 0.6) is 0 Å². The predicted molar refractivity (Wildman–Crippen MR) is 66.8 cm³/mol. The first kappa shape index (κ1) is 11.2. The topological polar surface area (TPSA) is 64.9 Å². The van der Waals surface area contributed by atoms with Crippen LogP contribution in [0.4, 0.5) is 11.5 Å². The number of aromatic nitrogens is 4. The van der Waals surface area contributed by atoms with Crippen LogP contribution in [-0.4, -0.2) is 33.0 Å². The molecule has 0 unspecified atom stereocenters. The highest BCUT2D eigenvalue weighted by Crippen LogP contribution is 2.21. The summed E-state index contributed by atoms with van der Waals surface area (Å²) in [6, 6.07) is 2.19. The van der Waals surface area contributed by atoms with E-state index in [4.69, 9.17) is 4.74 Å². The Morgan fingerprint density at radius 3 is 3.22 bits per heavy atom. The molecule has 1 fully saturated rings. The zero-order chi connectivity index (χ0) is 12.4. The Kier molecular flexibility index (Phi) is 2.93. The van der Waals surface area contributed by atoms with Gasteiger partial charge in [0.2, 0.25) is 0 Å². The van der Waals surface area contributed by atoms with Gasteiger partial charge in [0, 0.05) is 19.0 Å². The summed E-state index contributed by atoms with van der Waals surface area (Å²) in [6.07, 6.45) is 6.54. The monoisotopic (exact) mass is 245 g/mol. The third-order valence-electron chi connectivity index (χ3n) is 2.93. The molecule has 0 radical (unpaired) electrons. The molecule has 6 nitrogen and oxygen atoms in total. The fraction of sp³-hybridized carbons (Fsp3) is 0.417. The molecule has 0 amide bonds. The molecular weight excluding hydrogens is 230 g/mol. The fourth-order valence-electron chi connectivity index (χ4n) is 2.01. The van der Waals surface area contributed by atoms with Gasteiger partial charge >= 0.3 is 0 Å². The van der Waals surface area contributed by atoms with Crippen LogP contribution in [0.2, 0.25) is 0 Å². The van der Waals surface area contributed by atoms with Crippen LogP contribution in [-0.2, 0) is 4.74 Å². The lowest BCUT2D eigenvalue weighted by Gasteiger charge is -2.07. The number of nitrogens with zero attached hydrogens (tertiary/aromatic N) is 4. The third kappa shape index (κ3) is 2.33. The zero-order valence-electron chi connectivity index (χ0n) is 10.2. The van der Waals surface area contributed by atoms with E-state index < -0.39 is 0 Å². The summed E-state index contributed by atoms with van der Waals surface area (Å²) in [7, 11) is 0. The Balaban J connectivity index is 1.73. The largest absolute Gasteiger partial charge is 0.379 e. The third-order valence-corrected chi connectivity index (χ3v) is 2.93. The molecule has 0 bridgehead atoms. The summed E-state index contributed by atoms with van der Waals surface area (Å²) in [4.78, 5) is 8.35. The van der Waals surface area contributed by atoms with E-state index >= 15 is 0 Å². The molecule has 3 heterocycles. The second-order valence-electron chi connectivity index (χ2n) is 4.34. The highest BCUT2D eigenvalue weighted by molar-refractivity contribution is 5.53.